The zero-order valence-corrected chi connectivity index (χ0v) is 8.81. The second-order valence-corrected chi connectivity index (χ2v) is 3.43. The van der Waals surface area contributed by atoms with Crippen LogP contribution >= 0.6 is 0 Å². The van der Waals surface area contributed by atoms with Crippen LogP contribution in [0.5, 0.6) is 0 Å². The summed E-state index contributed by atoms with van der Waals surface area (Å²) < 4.78 is 0. The van der Waals surface area contributed by atoms with Crippen molar-refractivity contribution in [2.75, 3.05) is 0 Å². The van der Waals surface area contributed by atoms with Gasteiger partial charge in [-0.3, -0.25) is 14.4 Å². The topological polar surface area (TPSA) is 112 Å². The first-order valence-corrected chi connectivity index (χ1v) is 4.90. The van der Waals surface area contributed by atoms with Crippen LogP contribution in [0.4, 0.5) is 0 Å². The number of carboxylic acid groups (broad SMARTS) is 3. The SMILES string of the molecule is O=C(O)CC[C](CCC(=O)O)CCC(=O)O. The first-order valence-electron chi connectivity index (χ1n) is 4.90. The van der Waals surface area contributed by atoms with E-state index >= 15 is 0 Å². The maximum absolute atomic E-state index is 10.3. The lowest BCUT2D eigenvalue weighted by atomic mass is 9.93. The van der Waals surface area contributed by atoms with Crippen molar-refractivity contribution in [3.63, 3.8) is 0 Å². The Morgan fingerprint density at radius 2 is 0.812 bits per heavy atom. The van der Waals surface area contributed by atoms with Gasteiger partial charge < -0.3 is 15.3 Å². The van der Waals surface area contributed by atoms with Crippen LogP contribution in [0.2, 0.25) is 0 Å². The van der Waals surface area contributed by atoms with E-state index in [9.17, 15) is 14.4 Å². The van der Waals surface area contributed by atoms with Gasteiger partial charge in [-0.1, -0.05) is 0 Å². The molecule has 91 valence electrons. The van der Waals surface area contributed by atoms with Gasteiger partial charge in [0.2, 0.25) is 0 Å². The van der Waals surface area contributed by atoms with Crippen molar-refractivity contribution in [1.82, 2.24) is 0 Å². The Morgan fingerprint density at radius 1 is 0.562 bits per heavy atom. The standard InChI is InChI=1S/C10H15O6/c11-8(12)4-1-7(2-5-9(13)14)3-6-10(15)16/h1-6H2,(H,11,12)(H,13,14)(H,15,16). The third-order valence-corrected chi connectivity index (χ3v) is 2.08. The van der Waals surface area contributed by atoms with E-state index in [1.54, 1.807) is 0 Å². The van der Waals surface area contributed by atoms with Crippen molar-refractivity contribution in [2.24, 2.45) is 0 Å². The van der Waals surface area contributed by atoms with Crippen LogP contribution in [0.3, 0.4) is 0 Å². The molecule has 0 saturated heterocycles. The smallest absolute Gasteiger partial charge is 0.303 e. The molecule has 0 aromatic rings. The summed E-state index contributed by atoms with van der Waals surface area (Å²) in [5.41, 5.74) is 0. The average molecular weight is 231 g/mol. The van der Waals surface area contributed by atoms with Crippen LogP contribution in [0, 0.1) is 5.92 Å². The molecule has 6 heteroatoms. The summed E-state index contributed by atoms with van der Waals surface area (Å²) >= 11 is 0. The molecule has 0 aromatic heterocycles. The molecule has 0 atom stereocenters. The average Bonchev–Trinajstić information content (AvgIpc) is 2.15. The Kier molecular flexibility index (Phi) is 6.91. The van der Waals surface area contributed by atoms with Crippen molar-refractivity contribution in [3.8, 4) is 0 Å². The van der Waals surface area contributed by atoms with Crippen molar-refractivity contribution in [2.45, 2.75) is 38.5 Å². The fourth-order valence-electron chi connectivity index (χ4n) is 1.23. The molecule has 0 saturated carbocycles. The lowest BCUT2D eigenvalue weighted by Crippen LogP contribution is -2.08. The number of rotatable bonds is 9. The lowest BCUT2D eigenvalue weighted by Gasteiger charge is -2.12. The van der Waals surface area contributed by atoms with E-state index in [4.69, 9.17) is 15.3 Å². The Labute approximate surface area is 92.9 Å². The second kappa shape index (κ2) is 7.67. The highest BCUT2D eigenvalue weighted by molar-refractivity contribution is 5.68. The highest BCUT2D eigenvalue weighted by Gasteiger charge is 2.14. The van der Waals surface area contributed by atoms with Gasteiger partial charge in [-0.05, 0) is 25.2 Å². The molecule has 0 spiro atoms. The van der Waals surface area contributed by atoms with Gasteiger partial charge in [0, 0.05) is 19.3 Å². The second-order valence-electron chi connectivity index (χ2n) is 3.43. The number of aliphatic carboxylic acids is 3. The minimum Gasteiger partial charge on any atom is -0.481 e. The molecule has 0 fully saturated rings. The number of carboxylic acids is 3. The molecular formula is C10H15O6. The predicted octanol–water partition coefficient (Wildman–Crippen LogP) is 1.16. The van der Waals surface area contributed by atoms with Gasteiger partial charge >= 0.3 is 17.9 Å². The summed E-state index contributed by atoms with van der Waals surface area (Å²) in [6.07, 6.45) is 0.472. The highest BCUT2D eigenvalue weighted by Crippen LogP contribution is 2.21. The van der Waals surface area contributed by atoms with E-state index in [2.05, 4.69) is 0 Å². The van der Waals surface area contributed by atoms with Crippen molar-refractivity contribution < 1.29 is 29.7 Å². The molecular weight excluding hydrogens is 216 g/mol. The van der Waals surface area contributed by atoms with Gasteiger partial charge in [-0.15, -0.1) is 0 Å². The highest BCUT2D eigenvalue weighted by atomic mass is 16.4. The van der Waals surface area contributed by atoms with Crippen LogP contribution in [0.1, 0.15) is 38.5 Å². The molecule has 3 N–H and O–H groups in total. The summed E-state index contributed by atoms with van der Waals surface area (Å²) in [7, 11) is 0. The first-order chi connectivity index (χ1) is 7.41. The molecule has 6 nitrogen and oxygen atoms in total. The van der Waals surface area contributed by atoms with Crippen LogP contribution < -0.4 is 0 Å². The van der Waals surface area contributed by atoms with E-state index in [0.717, 1.165) is 0 Å². The van der Waals surface area contributed by atoms with E-state index in [-0.39, 0.29) is 38.5 Å². The normalized spacial score (nSPS) is 10.3. The fraction of sp³-hybridized carbons (Fsp3) is 0.600. The number of hydrogen-bond donors (Lipinski definition) is 3. The van der Waals surface area contributed by atoms with Crippen molar-refractivity contribution >= 4 is 17.9 Å². The third-order valence-electron chi connectivity index (χ3n) is 2.08. The number of hydrogen-bond acceptors (Lipinski definition) is 3. The van der Waals surface area contributed by atoms with E-state index < -0.39 is 17.9 Å². The Balaban J connectivity index is 3.98. The molecule has 0 amide bonds. The molecule has 16 heavy (non-hydrogen) atoms. The fourth-order valence-corrected chi connectivity index (χ4v) is 1.23. The van der Waals surface area contributed by atoms with Crippen molar-refractivity contribution in [1.29, 1.82) is 0 Å². The summed E-state index contributed by atoms with van der Waals surface area (Å²) in [5, 5.41) is 25.4. The van der Waals surface area contributed by atoms with Crippen LogP contribution in [-0.4, -0.2) is 33.2 Å². The van der Waals surface area contributed by atoms with Crippen molar-refractivity contribution in [3.05, 3.63) is 5.92 Å². The maximum atomic E-state index is 10.3. The molecule has 0 aliphatic carbocycles. The molecule has 0 aliphatic rings. The minimum atomic E-state index is -0.969. The summed E-state index contributed by atoms with van der Waals surface area (Å²) in [6.45, 7) is 0. The minimum absolute atomic E-state index is 0.0887. The molecule has 0 rings (SSSR count). The first kappa shape index (κ1) is 14.4. The molecule has 1 radical (unpaired) electrons. The van der Waals surface area contributed by atoms with Gasteiger partial charge in [0.1, 0.15) is 0 Å². The van der Waals surface area contributed by atoms with Crippen LogP contribution in [-0.2, 0) is 14.4 Å². The van der Waals surface area contributed by atoms with Crippen LogP contribution in [0.15, 0.2) is 0 Å². The monoisotopic (exact) mass is 231 g/mol. The van der Waals surface area contributed by atoms with E-state index in [1.165, 1.54) is 0 Å². The molecule has 0 aliphatic heterocycles. The van der Waals surface area contributed by atoms with Gasteiger partial charge in [-0.25, -0.2) is 0 Å². The zero-order valence-electron chi connectivity index (χ0n) is 8.81. The zero-order chi connectivity index (χ0) is 12.6. The Bertz CT molecular complexity index is 217. The van der Waals surface area contributed by atoms with E-state index in [1.807, 2.05) is 0 Å². The van der Waals surface area contributed by atoms with Gasteiger partial charge in [0.25, 0.3) is 0 Å². The molecule has 0 bridgehead atoms. The number of carbonyl (C=O) groups is 3. The quantitative estimate of drug-likeness (QED) is 0.548. The Morgan fingerprint density at radius 3 is 1.00 bits per heavy atom. The summed E-state index contributed by atoms with van der Waals surface area (Å²) in [5.74, 6) is -2.22. The van der Waals surface area contributed by atoms with Gasteiger partial charge in [0.15, 0.2) is 0 Å². The maximum Gasteiger partial charge on any atom is 0.303 e. The van der Waals surface area contributed by atoms with Gasteiger partial charge in [-0.2, -0.15) is 0 Å². The Hall–Kier alpha value is -1.59. The molecule has 0 unspecified atom stereocenters. The van der Waals surface area contributed by atoms with Gasteiger partial charge in [0.05, 0.1) is 0 Å². The summed E-state index contributed by atoms with van der Waals surface area (Å²) in [4.78, 5) is 31.0. The third kappa shape index (κ3) is 8.98. The molecule has 0 heterocycles. The van der Waals surface area contributed by atoms with Crippen LogP contribution in [0.25, 0.3) is 0 Å². The largest absolute Gasteiger partial charge is 0.481 e. The van der Waals surface area contributed by atoms with E-state index in [0.29, 0.717) is 5.92 Å². The predicted molar refractivity (Wildman–Crippen MR) is 53.9 cm³/mol. The lowest BCUT2D eigenvalue weighted by molar-refractivity contribution is -0.137. The molecule has 0 aromatic carbocycles. The summed E-state index contributed by atoms with van der Waals surface area (Å²) in [6, 6.07) is 0.